The number of hydrogen-bond acceptors (Lipinski definition) is 5. The molecule has 4 rings (SSSR count). The highest BCUT2D eigenvalue weighted by molar-refractivity contribution is 5.79. The normalized spacial score (nSPS) is 15.0. The van der Waals surface area contributed by atoms with Crippen LogP contribution < -0.4 is 27.1 Å². The molecule has 0 radical (unpaired) electrons. The monoisotopic (exact) mass is 335 g/mol. The zero-order valence-corrected chi connectivity index (χ0v) is 13.5. The van der Waals surface area contributed by atoms with Crippen molar-refractivity contribution in [1.29, 1.82) is 0 Å². The SMILES string of the molecule is O=c1[nH]cccc1Nc1c(NC2(Cc3ccccc3)CC2)c(=O)c1=O. The molecule has 0 aliphatic heterocycles. The summed E-state index contributed by atoms with van der Waals surface area (Å²) in [4.78, 5) is 38.2. The Labute approximate surface area is 143 Å². The second-order valence-corrected chi connectivity index (χ2v) is 6.51. The summed E-state index contributed by atoms with van der Waals surface area (Å²) in [7, 11) is 0. The van der Waals surface area contributed by atoms with E-state index in [1.165, 1.54) is 11.8 Å². The van der Waals surface area contributed by atoms with E-state index in [2.05, 4.69) is 15.6 Å². The van der Waals surface area contributed by atoms with Crippen LogP contribution in [0.4, 0.5) is 17.1 Å². The van der Waals surface area contributed by atoms with Crippen molar-refractivity contribution in [1.82, 2.24) is 4.98 Å². The number of pyridine rings is 1. The van der Waals surface area contributed by atoms with Crippen molar-refractivity contribution in [2.24, 2.45) is 0 Å². The largest absolute Gasteiger partial charge is 0.374 e. The lowest BCUT2D eigenvalue weighted by Crippen LogP contribution is -2.40. The van der Waals surface area contributed by atoms with Gasteiger partial charge >= 0.3 is 0 Å². The number of aromatic nitrogens is 1. The number of aromatic amines is 1. The van der Waals surface area contributed by atoms with Crippen LogP contribution in [0.5, 0.6) is 0 Å². The van der Waals surface area contributed by atoms with E-state index in [1.54, 1.807) is 12.1 Å². The molecule has 1 aliphatic carbocycles. The zero-order valence-electron chi connectivity index (χ0n) is 13.5. The van der Waals surface area contributed by atoms with Gasteiger partial charge in [0, 0.05) is 11.7 Å². The van der Waals surface area contributed by atoms with Gasteiger partial charge in [0.15, 0.2) is 0 Å². The molecular weight excluding hydrogens is 318 g/mol. The lowest BCUT2D eigenvalue weighted by Gasteiger charge is -2.22. The van der Waals surface area contributed by atoms with Gasteiger partial charge in [0.1, 0.15) is 17.1 Å². The van der Waals surface area contributed by atoms with Gasteiger partial charge in [-0.15, -0.1) is 0 Å². The maximum atomic E-state index is 12.0. The van der Waals surface area contributed by atoms with Gasteiger partial charge in [0.25, 0.3) is 16.4 Å². The van der Waals surface area contributed by atoms with E-state index >= 15 is 0 Å². The van der Waals surface area contributed by atoms with Gasteiger partial charge in [0.2, 0.25) is 0 Å². The smallest absolute Gasteiger partial charge is 0.271 e. The fourth-order valence-corrected chi connectivity index (χ4v) is 3.03. The quantitative estimate of drug-likeness (QED) is 0.599. The lowest BCUT2D eigenvalue weighted by atomic mass is 10.0. The molecule has 0 amide bonds. The molecule has 6 nitrogen and oxygen atoms in total. The van der Waals surface area contributed by atoms with E-state index < -0.39 is 10.9 Å². The molecule has 0 bridgehead atoms. The van der Waals surface area contributed by atoms with Gasteiger partial charge in [-0.05, 0) is 37.0 Å². The summed E-state index contributed by atoms with van der Waals surface area (Å²) in [6, 6.07) is 13.2. The number of rotatable bonds is 6. The first-order chi connectivity index (χ1) is 12.1. The van der Waals surface area contributed by atoms with Crippen LogP contribution >= 0.6 is 0 Å². The molecule has 0 unspecified atom stereocenters. The maximum Gasteiger partial charge on any atom is 0.271 e. The molecule has 0 spiro atoms. The Bertz CT molecular complexity index is 1040. The van der Waals surface area contributed by atoms with Gasteiger partial charge in [-0.3, -0.25) is 14.4 Å². The van der Waals surface area contributed by atoms with Crippen LogP contribution in [-0.2, 0) is 6.42 Å². The predicted octanol–water partition coefficient (Wildman–Crippen LogP) is 1.90. The van der Waals surface area contributed by atoms with Crippen LogP contribution in [0.1, 0.15) is 18.4 Å². The summed E-state index contributed by atoms with van der Waals surface area (Å²) in [6.45, 7) is 0. The molecule has 0 atom stereocenters. The Morgan fingerprint density at radius 1 is 0.920 bits per heavy atom. The average molecular weight is 335 g/mol. The van der Waals surface area contributed by atoms with Gasteiger partial charge in [-0.2, -0.15) is 0 Å². The fraction of sp³-hybridized carbons (Fsp3) is 0.211. The molecule has 1 aliphatic rings. The summed E-state index contributed by atoms with van der Waals surface area (Å²) in [5, 5.41) is 6.05. The highest BCUT2D eigenvalue weighted by atomic mass is 16.2. The van der Waals surface area contributed by atoms with Crippen molar-refractivity contribution in [2.45, 2.75) is 24.8 Å². The number of nitrogens with one attached hydrogen (secondary N) is 3. The molecule has 6 heteroatoms. The summed E-state index contributed by atoms with van der Waals surface area (Å²) in [5.74, 6) is 0. The van der Waals surface area contributed by atoms with Gasteiger partial charge in [-0.25, -0.2) is 0 Å². The molecule has 3 N–H and O–H groups in total. The second kappa shape index (κ2) is 5.73. The first-order valence-corrected chi connectivity index (χ1v) is 8.18. The van der Waals surface area contributed by atoms with Crippen LogP contribution in [0.3, 0.4) is 0 Å². The topological polar surface area (TPSA) is 91.1 Å². The predicted molar refractivity (Wildman–Crippen MR) is 97.4 cm³/mol. The Morgan fingerprint density at radius 2 is 1.64 bits per heavy atom. The van der Waals surface area contributed by atoms with Crippen LogP contribution in [0.15, 0.2) is 63.0 Å². The van der Waals surface area contributed by atoms with Crippen LogP contribution in [0, 0.1) is 0 Å². The highest BCUT2D eigenvalue weighted by Gasteiger charge is 2.44. The molecule has 2 aromatic carbocycles. The van der Waals surface area contributed by atoms with E-state index in [9.17, 15) is 14.4 Å². The summed E-state index contributed by atoms with van der Waals surface area (Å²) < 4.78 is 0. The van der Waals surface area contributed by atoms with E-state index in [1.807, 2.05) is 30.3 Å². The lowest BCUT2D eigenvalue weighted by molar-refractivity contribution is 0.724. The van der Waals surface area contributed by atoms with Crippen LogP contribution in [0.2, 0.25) is 0 Å². The van der Waals surface area contributed by atoms with Gasteiger partial charge < -0.3 is 15.6 Å². The highest BCUT2D eigenvalue weighted by Crippen LogP contribution is 2.42. The number of H-pyrrole nitrogens is 1. The molecule has 0 saturated heterocycles. The minimum atomic E-state index is -0.596. The van der Waals surface area contributed by atoms with Crippen molar-refractivity contribution in [3.8, 4) is 0 Å². The molecule has 1 heterocycles. The second-order valence-electron chi connectivity index (χ2n) is 6.51. The van der Waals surface area contributed by atoms with Crippen molar-refractivity contribution >= 4 is 17.1 Å². The molecule has 25 heavy (non-hydrogen) atoms. The molecule has 1 aromatic heterocycles. The summed E-state index contributed by atoms with van der Waals surface area (Å²) in [5.41, 5.74) is 0.208. The minimum absolute atomic E-state index is 0.168. The molecule has 1 fully saturated rings. The van der Waals surface area contributed by atoms with Crippen LogP contribution in [-0.4, -0.2) is 10.5 Å². The standard InChI is InChI=1S/C19H17N3O3/c23-16-14(21-13-7-4-10-20-18(13)25)15(17(16)24)22-19(8-9-19)11-12-5-2-1-3-6-12/h1-7,10,21-22H,8-9,11H2,(H,20,25). The first kappa shape index (κ1) is 15.4. The zero-order chi connectivity index (χ0) is 17.4. The van der Waals surface area contributed by atoms with Gasteiger partial charge in [0.05, 0.1) is 0 Å². The van der Waals surface area contributed by atoms with Crippen LogP contribution in [0.25, 0.3) is 0 Å². The minimum Gasteiger partial charge on any atom is -0.374 e. The first-order valence-electron chi connectivity index (χ1n) is 8.18. The van der Waals surface area contributed by atoms with E-state index in [-0.39, 0.29) is 28.2 Å². The van der Waals surface area contributed by atoms with Crippen molar-refractivity contribution < 1.29 is 0 Å². The molecule has 126 valence electrons. The van der Waals surface area contributed by atoms with E-state index in [0.717, 1.165) is 19.3 Å². The Balaban J connectivity index is 1.57. The van der Waals surface area contributed by atoms with Crippen molar-refractivity contribution in [2.75, 3.05) is 10.6 Å². The maximum absolute atomic E-state index is 12.0. The Hall–Kier alpha value is -3.15. The Kier molecular flexibility index (Phi) is 3.53. The van der Waals surface area contributed by atoms with Crippen molar-refractivity contribution in [3.63, 3.8) is 0 Å². The molecule has 1 saturated carbocycles. The molecular formula is C19H17N3O3. The Morgan fingerprint density at radius 3 is 2.32 bits per heavy atom. The van der Waals surface area contributed by atoms with E-state index in [4.69, 9.17) is 0 Å². The number of anilines is 3. The van der Waals surface area contributed by atoms with Crippen molar-refractivity contribution in [3.05, 3.63) is 85.0 Å². The number of hydrogen-bond donors (Lipinski definition) is 3. The van der Waals surface area contributed by atoms with Gasteiger partial charge in [-0.1, -0.05) is 30.3 Å². The third-order valence-electron chi connectivity index (χ3n) is 4.62. The summed E-state index contributed by atoms with van der Waals surface area (Å²) >= 11 is 0. The average Bonchev–Trinajstić information content (AvgIpc) is 3.39. The summed E-state index contributed by atoms with van der Waals surface area (Å²) in [6.07, 6.45) is 4.17. The third-order valence-corrected chi connectivity index (χ3v) is 4.62. The fourth-order valence-electron chi connectivity index (χ4n) is 3.03. The van der Waals surface area contributed by atoms with E-state index in [0.29, 0.717) is 0 Å². The molecule has 3 aromatic rings. The number of benzene rings is 1. The third kappa shape index (κ3) is 2.87.